The number of benzene rings is 1. The average molecular weight is 371 g/mol. The number of nitrogens with one attached hydrogen (secondary N) is 2. The number of anilines is 1. The van der Waals surface area contributed by atoms with Crippen LogP contribution in [0.4, 0.5) is 5.69 Å². The van der Waals surface area contributed by atoms with Crippen LogP contribution in [0.15, 0.2) is 35.4 Å². The Labute approximate surface area is 160 Å². The van der Waals surface area contributed by atoms with E-state index in [2.05, 4.69) is 47.2 Å². The van der Waals surface area contributed by atoms with Crippen LogP contribution in [0.3, 0.4) is 0 Å². The molecule has 0 unspecified atom stereocenters. The van der Waals surface area contributed by atoms with Gasteiger partial charge in [-0.25, -0.2) is 0 Å². The van der Waals surface area contributed by atoms with Gasteiger partial charge < -0.3 is 14.6 Å². The van der Waals surface area contributed by atoms with Crippen LogP contribution in [0.1, 0.15) is 35.4 Å². The lowest BCUT2D eigenvalue weighted by Crippen LogP contribution is -2.23. The van der Waals surface area contributed by atoms with E-state index in [1.54, 1.807) is 0 Å². The Morgan fingerprint density at radius 1 is 1.31 bits per heavy atom. The molecule has 0 saturated carbocycles. The fraction of sp³-hybridized carbons (Fsp3) is 0.400. The van der Waals surface area contributed by atoms with Gasteiger partial charge in [0.15, 0.2) is 5.11 Å². The van der Waals surface area contributed by atoms with Crippen LogP contribution in [0.25, 0.3) is 0 Å². The van der Waals surface area contributed by atoms with E-state index in [1.165, 1.54) is 17.0 Å². The second kappa shape index (κ2) is 8.47. The maximum atomic E-state index is 5.76. The molecule has 2 heterocycles. The van der Waals surface area contributed by atoms with Gasteiger partial charge in [0.25, 0.3) is 0 Å². The predicted octanol–water partition coefficient (Wildman–Crippen LogP) is 3.91. The lowest BCUT2D eigenvalue weighted by molar-refractivity contribution is 0.0962. The van der Waals surface area contributed by atoms with Crippen molar-refractivity contribution in [1.29, 1.82) is 0 Å². The first-order chi connectivity index (χ1) is 12.5. The minimum absolute atomic E-state index is 0.328. The van der Waals surface area contributed by atoms with Crippen molar-refractivity contribution in [2.75, 3.05) is 11.9 Å². The minimum atomic E-state index is 0.328. The third kappa shape index (κ3) is 4.71. The summed E-state index contributed by atoms with van der Waals surface area (Å²) in [7, 11) is 0. The van der Waals surface area contributed by atoms with Crippen molar-refractivity contribution in [3.63, 3.8) is 0 Å². The summed E-state index contributed by atoms with van der Waals surface area (Å²) < 4.78 is 8.07. The van der Waals surface area contributed by atoms with Gasteiger partial charge in [-0.2, -0.15) is 5.10 Å². The summed E-state index contributed by atoms with van der Waals surface area (Å²) in [5.74, 6) is 0. The zero-order chi connectivity index (χ0) is 18.5. The van der Waals surface area contributed by atoms with Crippen molar-refractivity contribution in [3.05, 3.63) is 52.8 Å². The van der Waals surface area contributed by atoms with Gasteiger partial charge in [-0.05, 0) is 64.0 Å². The van der Waals surface area contributed by atoms with Crippen molar-refractivity contribution in [2.24, 2.45) is 5.10 Å². The lowest BCUT2D eigenvalue weighted by atomic mass is 10.2. The predicted molar refractivity (Wildman–Crippen MR) is 111 cm³/mol. The van der Waals surface area contributed by atoms with Crippen molar-refractivity contribution in [1.82, 2.24) is 9.99 Å². The van der Waals surface area contributed by atoms with Crippen molar-refractivity contribution < 1.29 is 4.74 Å². The second-order valence-corrected chi connectivity index (χ2v) is 7.17. The molecule has 0 bridgehead atoms. The quantitative estimate of drug-likeness (QED) is 0.476. The summed E-state index contributed by atoms with van der Waals surface area (Å²) in [6.07, 6.45) is 4.44. The molecule has 1 aromatic heterocycles. The fourth-order valence-corrected chi connectivity index (χ4v) is 3.36. The Morgan fingerprint density at radius 3 is 2.77 bits per heavy atom. The van der Waals surface area contributed by atoms with Gasteiger partial charge in [0.05, 0.1) is 12.3 Å². The van der Waals surface area contributed by atoms with Crippen molar-refractivity contribution in [3.8, 4) is 0 Å². The lowest BCUT2D eigenvalue weighted by Gasteiger charge is -2.14. The van der Waals surface area contributed by atoms with Crippen LogP contribution in [-0.4, -0.2) is 28.6 Å². The van der Waals surface area contributed by atoms with Crippen molar-refractivity contribution >= 4 is 29.2 Å². The summed E-state index contributed by atoms with van der Waals surface area (Å²) in [6.45, 7) is 8.09. The topological polar surface area (TPSA) is 50.6 Å². The number of hydrazone groups is 1. The van der Waals surface area contributed by atoms with E-state index in [9.17, 15) is 0 Å². The smallest absolute Gasteiger partial charge is 0.191 e. The highest BCUT2D eigenvalue weighted by atomic mass is 32.1. The number of aryl methyl sites for hydroxylation is 2. The normalized spacial score (nSPS) is 17.0. The Morgan fingerprint density at radius 2 is 2.08 bits per heavy atom. The highest BCUT2D eigenvalue weighted by Gasteiger charge is 2.18. The van der Waals surface area contributed by atoms with Crippen LogP contribution in [0.5, 0.6) is 0 Å². The van der Waals surface area contributed by atoms with E-state index < -0.39 is 0 Å². The van der Waals surface area contributed by atoms with E-state index >= 15 is 0 Å². The molecule has 0 spiro atoms. The first-order valence-electron chi connectivity index (χ1n) is 8.98. The van der Waals surface area contributed by atoms with Gasteiger partial charge in [-0.1, -0.05) is 17.7 Å². The molecule has 5 nitrogen and oxygen atoms in total. The van der Waals surface area contributed by atoms with E-state index in [0.29, 0.717) is 11.2 Å². The Bertz CT molecular complexity index is 789. The van der Waals surface area contributed by atoms with Gasteiger partial charge >= 0.3 is 0 Å². The zero-order valence-electron chi connectivity index (χ0n) is 15.6. The standard InChI is InChI=1S/C20H26N4OS/c1-14-6-8-18(9-7-14)22-20(26)23-21-12-17-11-15(2)24(16(17)3)13-19-5-4-10-25-19/h6-9,11-12,19H,4-5,10,13H2,1-3H3,(H2,22,23,26)/b21-12-/t19-/m1/s1. The van der Waals surface area contributed by atoms with Gasteiger partial charge in [-0.15, -0.1) is 0 Å². The van der Waals surface area contributed by atoms with Crippen LogP contribution < -0.4 is 10.7 Å². The molecule has 0 radical (unpaired) electrons. The number of aromatic nitrogens is 1. The highest BCUT2D eigenvalue weighted by molar-refractivity contribution is 7.80. The maximum Gasteiger partial charge on any atom is 0.191 e. The minimum Gasteiger partial charge on any atom is -0.376 e. The summed E-state index contributed by atoms with van der Waals surface area (Å²) >= 11 is 5.29. The van der Waals surface area contributed by atoms with Gasteiger partial charge in [0, 0.05) is 35.8 Å². The van der Waals surface area contributed by atoms with E-state index in [4.69, 9.17) is 17.0 Å². The molecule has 1 saturated heterocycles. The van der Waals surface area contributed by atoms with Crippen LogP contribution in [0, 0.1) is 20.8 Å². The van der Waals surface area contributed by atoms with Gasteiger partial charge in [0.1, 0.15) is 0 Å². The largest absolute Gasteiger partial charge is 0.376 e. The van der Waals surface area contributed by atoms with Gasteiger partial charge in [0.2, 0.25) is 0 Å². The number of hydrogen-bond acceptors (Lipinski definition) is 3. The molecule has 1 aromatic carbocycles. The van der Waals surface area contributed by atoms with Crippen LogP contribution >= 0.6 is 12.2 Å². The molecule has 3 rings (SSSR count). The molecule has 26 heavy (non-hydrogen) atoms. The highest BCUT2D eigenvalue weighted by Crippen LogP contribution is 2.19. The number of ether oxygens (including phenoxy) is 1. The third-order valence-electron chi connectivity index (χ3n) is 4.70. The molecule has 6 heteroatoms. The summed E-state index contributed by atoms with van der Waals surface area (Å²) in [6, 6.07) is 10.2. The molecule has 2 N–H and O–H groups in total. The Hall–Kier alpha value is -2.18. The fourth-order valence-electron chi connectivity index (χ4n) is 3.19. The molecular weight excluding hydrogens is 344 g/mol. The maximum absolute atomic E-state index is 5.76. The monoisotopic (exact) mass is 370 g/mol. The number of nitrogens with zero attached hydrogens (tertiary/aromatic N) is 2. The molecular formula is C20H26N4OS. The van der Waals surface area contributed by atoms with E-state index in [0.717, 1.165) is 37.2 Å². The molecule has 1 atom stereocenters. The van der Waals surface area contributed by atoms with Crippen molar-refractivity contribution in [2.45, 2.75) is 46.3 Å². The summed E-state index contributed by atoms with van der Waals surface area (Å²) in [4.78, 5) is 0. The number of rotatable bonds is 5. The molecule has 0 aliphatic carbocycles. The molecule has 1 aliphatic rings. The molecule has 0 amide bonds. The molecule has 2 aromatic rings. The SMILES string of the molecule is Cc1ccc(NC(=S)N/N=C\c2cc(C)n(C[C@H]3CCCO3)c2C)cc1. The molecule has 138 valence electrons. The van der Waals surface area contributed by atoms with Crippen LogP contribution in [-0.2, 0) is 11.3 Å². The number of hydrogen-bond donors (Lipinski definition) is 2. The first kappa shape index (κ1) is 18.6. The summed E-state index contributed by atoms with van der Waals surface area (Å²) in [5, 5.41) is 7.87. The van der Waals surface area contributed by atoms with E-state index in [-0.39, 0.29) is 0 Å². The molecule has 1 aliphatic heterocycles. The average Bonchev–Trinajstić information content (AvgIpc) is 3.21. The number of thiocarbonyl (C=S) groups is 1. The zero-order valence-corrected chi connectivity index (χ0v) is 16.4. The van der Waals surface area contributed by atoms with E-state index in [1.807, 2.05) is 30.5 Å². The van der Waals surface area contributed by atoms with Gasteiger partial charge in [-0.3, -0.25) is 5.43 Å². The first-order valence-corrected chi connectivity index (χ1v) is 9.39. The third-order valence-corrected chi connectivity index (χ3v) is 4.90. The van der Waals surface area contributed by atoms with Crippen LogP contribution in [0.2, 0.25) is 0 Å². The Balaban J connectivity index is 1.57. The summed E-state index contributed by atoms with van der Waals surface area (Å²) in [5.41, 5.74) is 8.54. The Kier molecular flexibility index (Phi) is 6.06. The molecule has 1 fully saturated rings. The second-order valence-electron chi connectivity index (χ2n) is 6.76.